The second-order valence-corrected chi connectivity index (χ2v) is 15.9. The van der Waals surface area contributed by atoms with E-state index in [0.29, 0.717) is 44.2 Å². The highest BCUT2D eigenvalue weighted by Gasteiger charge is 2.51. The number of rotatable bonds is 11. The standard InChI is InChI=1S/C24H32NO6PS2/c1-18(17-34(28)22-10-6-19(29-2)7-11-22)16-31-20-4-8-21(9-5-20)33-32(3,27)24(23(25)26)12-14-30-15-13-24/h4-11,18H,12-17H2,1-3H3,(H2,25,26). The third-order valence-corrected chi connectivity index (χ3v) is 13.4. The first-order valence-corrected chi connectivity index (χ1v) is 16.0. The van der Waals surface area contributed by atoms with Crippen molar-refractivity contribution in [3.05, 3.63) is 48.5 Å². The molecular formula is C24H32NO6PS2. The van der Waals surface area contributed by atoms with Gasteiger partial charge in [0, 0.05) is 34.7 Å². The summed E-state index contributed by atoms with van der Waals surface area (Å²) in [5, 5.41) is -1.04. The van der Waals surface area contributed by atoms with E-state index in [1.165, 1.54) is 11.4 Å². The molecule has 7 nitrogen and oxygen atoms in total. The summed E-state index contributed by atoms with van der Waals surface area (Å²) in [6.45, 7) is 4.83. The Morgan fingerprint density at radius 1 is 1.15 bits per heavy atom. The van der Waals surface area contributed by atoms with E-state index in [-0.39, 0.29) is 5.92 Å². The molecule has 2 N–H and O–H groups in total. The zero-order valence-corrected chi connectivity index (χ0v) is 22.3. The summed E-state index contributed by atoms with van der Waals surface area (Å²) in [5.41, 5.74) is 5.69. The summed E-state index contributed by atoms with van der Waals surface area (Å²) in [7, 11) is 0.474. The van der Waals surface area contributed by atoms with Gasteiger partial charge in [0.25, 0.3) is 0 Å². The van der Waals surface area contributed by atoms with Crippen molar-refractivity contribution in [1.29, 1.82) is 0 Å². The summed E-state index contributed by atoms with van der Waals surface area (Å²) >= 11 is 1.22. The van der Waals surface area contributed by atoms with Gasteiger partial charge in [-0.3, -0.25) is 9.00 Å². The Morgan fingerprint density at radius 2 is 1.74 bits per heavy atom. The van der Waals surface area contributed by atoms with Crippen LogP contribution in [-0.4, -0.2) is 54.6 Å². The molecule has 2 aromatic rings. The van der Waals surface area contributed by atoms with Gasteiger partial charge in [-0.1, -0.05) is 18.3 Å². The molecule has 0 saturated carbocycles. The smallest absolute Gasteiger partial charge is 0.232 e. The summed E-state index contributed by atoms with van der Waals surface area (Å²) in [4.78, 5) is 13.8. The van der Waals surface area contributed by atoms with Crippen LogP contribution in [0.1, 0.15) is 19.8 Å². The van der Waals surface area contributed by atoms with Crippen LogP contribution in [0.5, 0.6) is 11.5 Å². The van der Waals surface area contributed by atoms with Crippen molar-refractivity contribution < 1.29 is 27.8 Å². The topological polar surface area (TPSA) is 105 Å². The molecule has 186 valence electrons. The predicted octanol–water partition coefficient (Wildman–Crippen LogP) is 4.55. The van der Waals surface area contributed by atoms with Crippen LogP contribution in [0.4, 0.5) is 0 Å². The fourth-order valence-corrected chi connectivity index (χ4v) is 10.2. The largest absolute Gasteiger partial charge is 0.497 e. The Balaban J connectivity index is 1.54. The summed E-state index contributed by atoms with van der Waals surface area (Å²) in [6.07, 6.45) is -2.24. The number of hydrogen-bond acceptors (Lipinski definition) is 7. The predicted molar refractivity (Wildman–Crippen MR) is 137 cm³/mol. The molecule has 2 aromatic carbocycles. The Bertz CT molecular complexity index is 1040. The van der Waals surface area contributed by atoms with Crippen LogP contribution in [0.25, 0.3) is 0 Å². The lowest BCUT2D eigenvalue weighted by Crippen LogP contribution is -2.47. The summed E-state index contributed by atoms with van der Waals surface area (Å²) in [6, 6.07) is 14.5. The fourth-order valence-electron chi connectivity index (χ4n) is 3.82. The molecule has 0 radical (unpaired) electrons. The van der Waals surface area contributed by atoms with Gasteiger partial charge in [-0.15, -0.1) is 0 Å². The van der Waals surface area contributed by atoms with Crippen molar-refractivity contribution in [1.82, 2.24) is 0 Å². The highest BCUT2D eigenvalue weighted by molar-refractivity contribution is 8.58. The fraction of sp³-hybridized carbons (Fsp3) is 0.458. The molecule has 1 fully saturated rings. The number of benzene rings is 2. The van der Waals surface area contributed by atoms with Crippen LogP contribution in [0.3, 0.4) is 0 Å². The highest BCUT2D eigenvalue weighted by atomic mass is 32.7. The van der Waals surface area contributed by atoms with E-state index in [9.17, 15) is 13.6 Å². The van der Waals surface area contributed by atoms with Crippen LogP contribution in [0, 0.1) is 5.92 Å². The van der Waals surface area contributed by atoms with E-state index in [2.05, 4.69) is 0 Å². The van der Waals surface area contributed by atoms with Crippen LogP contribution < -0.4 is 15.2 Å². The van der Waals surface area contributed by atoms with Crippen molar-refractivity contribution in [3.8, 4) is 11.5 Å². The van der Waals surface area contributed by atoms with E-state index < -0.39 is 28.2 Å². The monoisotopic (exact) mass is 525 g/mol. The Labute approximate surface area is 207 Å². The van der Waals surface area contributed by atoms with Gasteiger partial charge < -0.3 is 24.5 Å². The number of ether oxygens (including phenoxy) is 3. The molecule has 10 heteroatoms. The minimum absolute atomic E-state index is 0.0804. The molecule has 0 aliphatic carbocycles. The molecular weight excluding hydrogens is 493 g/mol. The molecule has 3 rings (SSSR count). The summed E-state index contributed by atoms with van der Waals surface area (Å²) in [5.74, 6) is 1.45. The minimum Gasteiger partial charge on any atom is -0.497 e. The van der Waals surface area contributed by atoms with Crippen molar-refractivity contribution in [2.24, 2.45) is 11.7 Å². The maximum Gasteiger partial charge on any atom is 0.232 e. The lowest BCUT2D eigenvalue weighted by atomic mass is 9.98. The van der Waals surface area contributed by atoms with E-state index in [4.69, 9.17) is 19.9 Å². The lowest BCUT2D eigenvalue weighted by molar-refractivity contribution is -0.122. The zero-order chi connectivity index (χ0) is 24.8. The lowest BCUT2D eigenvalue weighted by Gasteiger charge is -2.38. The second-order valence-electron chi connectivity index (χ2n) is 8.52. The van der Waals surface area contributed by atoms with Gasteiger partial charge >= 0.3 is 0 Å². The SMILES string of the molecule is COc1ccc(S(=O)CC(C)COc2ccc(SP(C)(=O)C3(C(N)=O)CCOCC3)cc2)cc1. The van der Waals surface area contributed by atoms with Crippen molar-refractivity contribution >= 4 is 34.4 Å². The maximum atomic E-state index is 13.6. The average molecular weight is 526 g/mol. The summed E-state index contributed by atoms with van der Waals surface area (Å²) < 4.78 is 42.6. The van der Waals surface area contributed by atoms with E-state index in [1.807, 2.05) is 43.3 Å². The second kappa shape index (κ2) is 11.8. The molecule has 34 heavy (non-hydrogen) atoms. The molecule has 1 aliphatic rings. The van der Waals surface area contributed by atoms with Gasteiger partial charge in [-0.05, 0) is 68.0 Å². The molecule has 0 bridgehead atoms. The third kappa shape index (κ3) is 6.45. The molecule has 1 heterocycles. The van der Waals surface area contributed by atoms with Crippen molar-refractivity contribution in [2.75, 3.05) is 39.3 Å². The molecule has 0 aromatic heterocycles. The number of amides is 1. The van der Waals surface area contributed by atoms with Crippen LogP contribution in [0.15, 0.2) is 58.3 Å². The Morgan fingerprint density at radius 3 is 2.29 bits per heavy atom. The van der Waals surface area contributed by atoms with Gasteiger partial charge in [-0.2, -0.15) is 0 Å². The van der Waals surface area contributed by atoms with Crippen LogP contribution in [-0.2, 0) is 24.9 Å². The van der Waals surface area contributed by atoms with Crippen LogP contribution >= 0.6 is 17.7 Å². The zero-order valence-electron chi connectivity index (χ0n) is 19.7. The number of nitrogens with two attached hydrogens (primary N) is 1. The van der Waals surface area contributed by atoms with Gasteiger partial charge in [0.2, 0.25) is 5.91 Å². The molecule has 3 atom stereocenters. The third-order valence-electron chi connectivity index (χ3n) is 5.95. The highest BCUT2D eigenvalue weighted by Crippen LogP contribution is 2.70. The van der Waals surface area contributed by atoms with Gasteiger partial charge in [0.15, 0.2) is 6.34 Å². The van der Waals surface area contributed by atoms with Gasteiger partial charge in [-0.25, -0.2) is 0 Å². The Hall–Kier alpha value is -1.80. The van der Waals surface area contributed by atoms with Gasteiger partial charge in [0.1, 0.15) is 16.7 Å². The normalized spacial score (nSPS) is 18.9. The average Bonchev–Trinajstić information content (AvgIpc) is 2.83. The first-order valence-electron chi connectivity index (χ1n) is 11.1. The number of carbonyl (C=O) groups excluding carboxylic acids is 1. The van der Waals surface area contributed by atoms with Gasteiger partial charge in [0.05, 0.1) is 24.5 Å². The van der Waals surface area contributed by atoms with E-state index in [0.717, 1.165) is 15.5 Å². The maximum absolute atomic E-state index is 13.6. The first-order chi connectivity index (χ1) is 16.2. The molecule has 0 spiro atoms. The number of carbonyl (C=O) groups is 1. The van der Waals surface area contributed by atoms with Crippen molar-refractivity contribution in [2.45, 2.75) is 34.7 Å². The number of hydrogen-bond donors (Lipinski definition) is 1. The molecule has 1 saturated heterocycles. The molecule has 3 unspecified atom stereocenters. The van der Waals surface area contributed by atoms with Crippen molar-refractivity contribution in [3.63, 3.8) is 0 Å². The minimum atomic E-state index is -2.99. The number of methoxy groups -OCH3 is 1. The molecule has 1 aliphatic heterocycles. The van der Waals surface area contributed by atoms with E-state index >= 15 is 0 Å². The van der Waals surface area contributed by atoms with E-state index in [1.54, 1.807) is 25.9 Å². The first kappa shape index (κ1) is 26.8. The van der Waals surface area contributed by atoms with Crippen LogP contribution in [0.2, 0.25) is 0 Å². The number of primary amides is 1. The Kier molecular flexibility index (Phi) is 9.27. The quantitative estimate of drug-likeness (QED) is 0.429. The molecule has 1 amide bonds.